The molecule has 2 aromatic rings. The summed E-state index contributed by atoms with van der Waals surface area (Å²) in [5.74, 6) is 0.166. The predicted molar refractivity (Wildman–Crippen MR) is 117 cm³/mol. The van der Waals surface area contributed by atoms with E-state index in [0.717, 1.165) is 23.6 Å². The van der Waals surface area contributed by atoms with E-state index in [4.69, 9.17) is 5.73 Å². The number of hydrogen-bond donors (Lipinski definition) is 3. The van der Waals surface area contributed by atoms with Crippen LogP contribution in [-0.4, -0.2) is 16.8 Å². The summed E-state index contributed by atoms with van der Waals surface area (Å²) in [5, 5.41) is 16.6. The van der Waals surface area contributed by atoms with Gasteiger partial charge in [-0.2, -0.15) is 5.10 Å². The highest BCUT2D eigenvalue weighted by Gasteiger charge is 2.14. The van der Waals surface area contributed by atoms with Gasteiger partial charge in [0.25, 0.3) is 0 Å². The lowest BCUT2D eigenvalue weighted by atomic mass is 9.96. The zero-order chi connectivity index (χ0) is 20.2. The average Bonchev–Trinajstić information content (AvgIpc) is 2.69. The first-order valence-corrected chi connectivity index (χ1v) is 10.5. The number of amides is 2. The molecule has 0 saturated carbocycles. The third-order valence-electron chi connectivity index (χ3n) is 5.01. The van der Waals surface area contributed by atoms with E-state index >= 15 is 0 Å². The SMILES string of the molecule is CCCCCCCCCCC/C(=N/NC(N)=O)c1c(O)ccc2ccccc12. The Balaban J connectivity index is 1.99. The third-order valence-corrected chi connectivity index (χ3v) is 5.01. The molecule has 5 nitrogen and oxygen atoms in total. The highest BCUT2D eigenvalue weighted by molar-refractivity contribution is 6.13. The molecule has 0 radical (unpaired) electrons. The molecule has 2 rings (SSSR count). The van der Waals surface area contributed by atoms with Crippen LogP contribution in [0.3, 0.4) is 0 Å². The largest absolute Gasteiger partial charge is 0.507 e. The Bertz CT molecular complexity index is 787. The Labute approximate surface area is 168 Å². The van der Waals surface area contributed by atoms with Crippen molar-refractivity contribution < 1.29 is 9.90 Å². The predicted octanol–water partition coefficient (Wildman–Crippen LogP) is 5.84. The molecule has 0 bridgehead atoms. The highest BCUT2D eigenvalue weighted by Crippen LogP contribution is 2.29. The van der Waals surface area contributed by atoms with Gasteiger partial charge in [0.05, 0.1) is 5.71 Å². The molecule has 0 atom stereocenters. The maximum absolute atomic E-state index is 11.1. The van der Waals surface area contributed by atoms with E-state index < -0.39 is 6.03 Å². The van der Waals surface area contributed by atoms with Crippen LogP contribution in [0.2, 0.25) is 0 Å². The number of nitrogens with zero attached hydrogens (tertiary/aromatic N) is 1. The van der Waals surface area contributed by atoms with Gasteiger partial charge >= 0.3 is 6.03 Å². The molecule has 0 unspecified atom stereocenters. The van der Waals surface area contributed by atoms with Crippen LogP contribution in [0.25, 0.3) is 10.8 Å². The molecule has 2 aromatic carbocycles. The molecule has 0 aliphatic heterocycles. The minimum absolute atomic E-state index is 0.166. The molecule has 0 saturated heterocycles. The second-order valence-corrected chi connectivity index (χ2v) is 7.29. The fourth-order valence-corrected chi connectivity index (χ4v) is 3.53. The van der Waals surface area contributed by atoms with Crippen LogP contribution in [0.15, 0.2) is 41.5 Å². The van der Waals surface area contributed by atoms with Crippen molar-refractivity contribution in [2.75, 3.05) is 0 Å². The fourth-order valence-electron chi connectivity index (χ4n) is 3.53. The first-order chi connectivity index (χ1) is 13.6. The molecule has 0 fully saturated rings. The molecule has 0 spiro atoms. The summed E-state index contributed by atoms with van der Waals surface area (Å²) in [4.78, 5) is 11.1. The Morgan fingerprint density at radius 1 is 0.964 bits per heavy atom. The third kappa shape index (κ3) is 6.87. The lowest BCUT2D eigenvalue weighted by Gasteiger charge is -2.12. The average molecular weight is 384 g/mol. The van der Waals surface area contributed by atoms with E-state index in [0.29, 0.717) is 17.7 Å². The van der Waals surface area contributed by atoms with Gasteiger partial charge in [-0.15, -0.1) is 0 Å². The highest BCUT2D eigenvalue weighted by atomic mass is 16.3. The quantitative estimate of drug-likeness (QED) is 0.244. The van der Waals surface area contributed by atoms with Gasteiger partial charge in [0.1, 0.15) is 5.75 Å². The van der Waals surface area contributed by atoms with Gasteiger partial charge in [-0.1, -0.05) is 88.6 Å². The minimum Gasteiger partial charge on any atom is -0.507 e. The number of carbonyl (C=O) groups excluding carboxylic acids is 1. The van der Waals surface area contributed by atoms with Crippen molar-refractivity contribution in [1.82, 2.24) is 5.43 Å². The summed E-state index contributed by atoms with van der Waals surface area (Å²) in [5.41, 5.74) is 8.86. The number of phenolic OH excluding ortho intramolecular Hbond substituents is 1. The van der Waals surface area contributed by atoms with E-state index in [2.05, 4.69) is 17.5 Å². The van der Waals surface area contributed by atoms with Crippen LogP contribution < -0.4 is 11.2 Å². The molecule has 0 heterocycles. The smallest absolute Gasteiger partial charge is 0.332 e. The number of phenols is 1. The van der Waals surface area contributed by atoms with Crippen LogP contribution in [-0.2, 0) is 0 Å². The molecule has 28 heavy (non-hydrogen) atoms. The van der Waals surface area contributed by atoms with Gasteiger partial charge < -0.3 is 10.8 Å². The maximum atomic E-state index is 11.1. The van der Waals surface area contributed by atoms with Crippen molar-refractivity contribution in [3.05, 3.63) is 42.0 Å². The Morgan fingerprint density at radius 2 is 1.61 bits per heavy atom. The molecule has 5 heteroatoms. The number of benzene rings is 2. The van der Waals surface area contributed by atoms with Gasteiger partial charge in [-0.25, -0.2) is 10.2 Å². The number of nitrogens with one attached hydrogen (secondary N) is 1. The van der Waals surface area contributed by atoms with E-state index in [1.54, 1.807) is 6.07 Å². The van der Waals surface area contributed by atoms with Gasteiger partial charge in [-0.05, 0) is 29.7 Å². The normalized spacial score (nSPS) is 11.7. The van der Waals surface area contributed by atoms with Crippen molar-refractivity contribution in [2.45, 2.75) is 71.1 Å². The van der Waals surface area contributed by atoms with Crippen molar-refractivity contribution in [2.24, 2.45) is 10.8 Å². The van der Waals surface area contributed by atoms with Crippen molar-refractivity contribution in [3.8, 4) is 5.75 Å². The van der Waals surface area contributed by atoms with Crippen LogP contribution >= 0.6 is 0 Å². The molecule has 0 aromatic heterocycles. The van der Waals surface area contributed by atoms with Crippen molar-refractivity contribution >= 4 is 22.5 Å². The number of fused-ring (bicyclic) bond motifs is 1. The molecule has 0 aliphatic carbocycles. The number of rotatable bonds is 12. The number of unbranched alkanes of at least 4 members (excludes halogenated alkanes) is 8. The lowest BCUT2D eigenvalue weighted by molar-refractivity contribution is 0.249. The van der Waals surface area contributed by atoms with Crippen LogP contribution in [0.5, 0.6) is 5.75 Å². The van der Waals surface area contributed by atoms with Gasteiger partial charge in [0.2, 0.25) is 0 Å². The standard InChI is InChI=1S/C23H33N3O2/c1-2-3-4-5-6-7-8-9-10-15-20(25-26-23(24)28)22-19-14-12-11-13-18(19)16-17-21(22)27/h11-14,16-17,27H,2-10,15H2,1H3,(H3,24,26,28)/b25-20-. The zero-order valence-corrected chi connectivity index (χ0v) is 16.9. The molecule has 152 valence electrons. The van der Waals surface area contributed by atoms with Crippen LogP contribution in [0.4, 0.5) is 4.79 Å². The number of carbonyl (C=O) groups is 1. The Kier molecular flexibility index (Phi) is 9.32. The first-order valence-electron chi connectivity index (χ1n) is 10.5. The summed E-state index contributed by atoms with van der Waals surface area (Å²) >= 11 is 0. The van der Waals surface area contributed by atoms with Crippen LogP contribution in [0, 0.1) is 0 Å². The number of hydrazone groups is 1. The number of hydrogen-bond acceptors (Lipinski definition) is 3. The summed E-state index contributed by atoms with van der Waals surface area (Å²) in [6.07, 6.45) is 11.8. The Morgan fingerprint density at radius 3 is 2.29 bits per heavy atom. The zero-order valence-electron chi connectivity index (χ0n) is 16.9. The Hall–Kier alpha value is -2.56. The topological polar surface area (TPSA) is 87.7 Å². The van der Waals surface area contributed by atoms with Gasteiger partial charge in [0, 0.05) is 5.56 Å². The van der Waals surface area contributed by atoms with Crippen molar-refractivity contribution in [1.29, 1.82) is 0 Å². The van der Waals surface area contributed by atoms with E-state index in [9.17, 15) is 9.90 Å². The first kappa shape index (κ1) is 21.7. The number of urea groups is 1. The maximum Gasteiger partial charge on any atom is 0.332 e. The van der Waals surface area contributed by atoms with E-state index in [1.807, 2.05) is 30.3 Å². The summed E-state index contributed by atoms with van der Waals surface area (Å²) in [6, 6.07) is 10.7. The number of aromatic hydroxyl groups is 1. The van der Waals surface area contributed by atoms with E-state index in [1.165, 1.54) is 44.9 Å². The monoisotopic (exact) mass is 383 g/mol. The van der Waals surface area contributed by atoms with Crippen molar-refractivity contribution in [3.63, 3.8) is 0 Å². The number of nitrogens with two attached hydrogens (primary N) is 1. The molecule has 4 N–H and O–H groups in total. The molecule has 2 amide bonds. The second-order valence-electron chi connectivity index (χ2n) is 7.29. The van der Waals surface area contributed by atoms with Gasteiger partial charge in [-0.3, -0.25) is 0 Å². The van der Waals surface area contributed by atoms with Crippen LogP contribution in [0.1, 0.15) is 76.7 Å². The summed E-state index contributed by atoms with van der Waals surface area (Å²) in [6.45, 7) is 2.24. The second kappa shape index (κ2) is 12.0. The lowest BCUT2D eigenvalue weighted by Crippen LogP contribution is -2.26. The fraction of sp³-hybridized carbons (Fsp3) is 0.478. The molecule has 0 aliphatic rings. The van der Waals surface area contributed by atoms with Gasteiger partial charge in [0.15, 0.2) is 0 Å². The summed E-state index contributed by atoms with van der Waals surface area (Å²) < 4.78 is 0. The van der Waals surface area contributed by atoms with E-state index in [-0.39, 0.29) is 5.75 Å². The molecular formula is C23H33N3O2. The minimum atomic E-state index is -0.704. The number of primary amides is 1. The summed E-state index contributed by atoms with van der Waals surface area (Å²) in [7, 11) is 0. The molecular weight excluding hydrogens is 350 g/mol.